The Kier molecular flexibility index (Phi) is 4.15. The van der Waals surface area contributed by atoms with Crippen LogP contribution in [0.2, 0.25) is 0 Å². The Balaban J connectivity index is 1.60. The molecule has 2 fully saturated rings. The molecule has 4 rings (SSSR count). The van der Waals surface area contributed by atoms with Crippen LogP contribution in [0.5, 0.6) is 0 Å². The van der Waals surface area contributed by atoms with Crippen molar-refractivity contribution in [3.8, 4) is 0 Å². The lowest BCUT2D eigenvalue weighted by Crippen LogP contribution is -2.52. The molecule has 0 unspecified atom stereocenters. The monoisotopic (exact) mass is 329 g/mol. The standard InChI is InChI=1S/C20H27NO3/c1-14-16(15-6-3-4-8-19(15)24-14)12-21-10-5-7-18(21)17-13-23-11-9-20(17,2)22/h3-4,6,8,17-18,22H,5,7,9-13H2,1-2H3/t17-,18+,20-/m0/s1. The normalized spacial score (nSPS) is 31.8. The molecule has 2 aliphatic heterocycles. The highest BCUT2D eigenvalue weighted by Crippen LogP contribution is 2.37. The second-order valence-electron chi connectivity index (χ2n) is 7.60. The molecule has 1 aromatic carbocycles. The van der Waals surface area contributed by atoms with Crippen LogP contribution in [0.4, 0.5) is 0 Å². The number of aryl methyl sites for hydroxylation is 1. The number of aliphatic hydroxyl groups is 1. The van der Waals surface area contributed by atoms with Crippen molar-refractivity contribution in [3.63, 3.8) is 0 Å². The number of para-hydroxylation sites is 1. The molecule has 0 saturated carbocycles. The average Bonchev–Trinajstić information content (AvgIpc) is 3.12. The molecule has 1 N–H and O–H groups in total. The van der Waals surface area contributed by atoms with Crippen molar-refractivity contribution in [2.75, 3.05) is 19.8 Å². The molecule has 0 radical (unpaired) electrons. The number of rotatable bonds is 3. The van der Waals surface area contributed by atoms with Crippen LogP contribution in [0.25, 0.3) is 11.0 Å². The highest BCUT2D eigenvalue weighted by Gasteiger charge is 2.44. The number of furan rings is 1. The summed E-state index contributed by atoms with van der Waals surface area (Å²) in [6.07, 6.45) is 3.06. The summed E-state index contributed by atoms with van der Waals surface area (Å²) in [5, 5.41) is 12.1. The van der Waals surface area contributed by atoms with E-state index in [1.807, 2.05) is 19.1 Å². The Hall–Kier alpha value is -1.36. The first-order chi connectivity index (χ1) is 11.6. The quantitative estimate of drug-likeness (QED) is 0.936. The van der Waals surface area contributed by atoms with Crippen LogP contribution in [0.3, 0.4) is 0 Å². The minimum atomic E-state index is -0.626. The van der Waals surface area contributed by atoms with Crippen LogP contribution in [-0.4, -0.2) is 41.4 Å². The van der Waals surface area contributed by atoms with Crippen molar-refractivity contribution < 1.29 is 14.3 Å². The summed E-state index contributed by atoms with van der Waals surface area (Å²) in [5.41, 5.74) is 1.63. The summed E-state index contributed by atoms with van der Waals surface area (Å²) < 4.78 is 11.6. The van der Waals surface area contributed by atoms with Gasteiger partial charge in [0.15, 0.2) is 0 Å². The summed E-state index contributed by atoms with van der Waals surface area (Å²) in [6, 6.07) is 8.65. The largest absolute Gasteiger partial charge is 0.461 e. The predicted molar refractivity (Wildman–Crippen MR) is 93.9 cm³/mol. The highest BCUT2D eigenvalue weighted by molar-refractivity contribution is 5.82. The van der Waals surface area contributed by atoms with E-state index in [4.69, 9.17) is 9.15 Å². The van der Waals surface area contributed by atoms with E-state index in [2.05, 4.69) is 24.0 Å². The molecule has 0 amide bonds. The topological polar surface area (TPSA) is 45.8 Å². The van der Waals surface area contributed by atoms with Gasteiger partial charge in [-0.25, -0.2) is 0 Å². The van der Waals surface area contributed by atoms with Crippen molar-refractivity contribution >= 4 is 11.0 Å². The zero-order chi connectivity index (χ0) is 16.7. The van der Waals surface area contributed by atoms with Gasteiger partial charge in [0.2, 0.25) is 0 Å². The Morgan fingerprint density at radius 1 is 1.33 bits per heavy atom. The lowest BCUT2D eigenvalue weighted by Gasteiger charge is -2.43. The number of benzene rings is 1. The van der Waals surface area contributed by atoms with Gasteiger partial charge in [-0.1, -0.05) is 18.2 Å². The van der Waals surface area contributed by atoms with Gasteiger partial charge < -0.3 is 14.3 Å². The van der Waals surface area contributed by atoms with E-state index in [0.29, 0.717) is 19.3 Å². The first-order valence-electron chi connectivity index (χ1n) is 9.07. The van der Waals surface area contributed by atoms with Gasteiger partial charge in [-0.2, -0.15) is 0 Å². The fourth-order valence-corrected chi connectivity index (χ4v) is 4.50. The smallest absolute Gasteiger partial charge is 0.134 e. The van der Waals surface area contributed by atoms with Gasteiger partial charge in [-0.05, 0) is 45.7 Å². The molecule has 2 aromatic rings. The fraction of sp³-hybridized carbons (Fsp3) is 0.600. The summed E-state index contributed by atoms with van der Waals surface area (Å²) in [4.78, 5) is 2.53. The van der Waals surface area contributed by atoms with Gasteiger partial charge >= 0.3 is 0 Å². The molecule has 0 bridgehead atoms. The van der Waals surface area contributed by atoms with Gasteiger partial charge in [-0.3, -0.25) is 4.90 Å². The van der Waals surface area contributed by atoms with Crippen molar-refractivity contribution in [1.29, 1.82) is 0 Å². The van der Waals surface area contributed by atoms with Crippen molar-refractivity contribution in [2.45, 2.75) is 51.3 Å². The number of likely N-dealkylation sites (tertiary alicyclic amines) is 1. The van der Waals surface area contributed by atoms with Crippen LogP contribution >= 0.6 is 0 Å². The SMILES string of the molecule is Cc1oc2ccccc2c1CN1CCC[C@@H]1[C@@H]1COCC[C@]1(C)O. The molecule has 24 heavy (non-hydrogen) atoms. The number of fused-ring (bicyclic) bond motifs is 1. The first-order valence-corrected chi connectivity index (χ1v) is 9.07. The Labute approximate surface area is 143 Å². The lowest BCUT2D eigenvalue weighted by molar-refractivity contribution is -0.123. The summed E-state index contributed by atoms with van der Waals surface area (Å²) in [6.45, 7) is 7.34. The molecule has 0 spiro atoms. The van der Waals surface area contributed by atoms with Crippen LogP contribution < -0.4 is 0 Å². The molecule has 3 atom stereocenters. The van der Waals surface area contributed by atoms with Gasteiger partial charge in [0, 0.05) is 36.1 Å². The van der Waals surface area contributed by atoms with E-state index in [9.17, 15) is 5.11 Å². The second kappa shape index (κ2) is 6.17. The summed E-state index contributed by atoms with van der Waals surface area (Å²) in [7, 11) is 0. The van der Waals surface area contributed by atoms with Gasteiger partial charge in [0.05, 0.1) is 12.2 Å². The third-order valence-corrected chi connectivity index (χ3v) is 5.99. The Morgan fingerprint density at radius 3 is 3.00 bits per heavy atom. The molecule has 0 aliphatic carbocycles. The molecular weight excluding hydrogens is 302 g/mol. The van der Waals surface area contributed by atoms with E-state index in [-0.39, 0.29) is 5.92 Å². The molecule has 3 heterocycles. The van der Waals surface area contributed by atoms with E-state index in [1.54, 1.807) is 0 Å². The van der Waals surface area contributed by atoms with Crippen molar-refractivity contribution in [2.24, 2.45) is 5.92 Å². The molecule has 4 nitrogen and oxygen atoms in total. The van der Waals surface area contributed by atoms with Crippen LogP contribution in [0.1, 0.15) is 37.5 Å². The minimum absolute atomic E-state index is 0.187. The summed E-state index contributed by atoms with van der Waals surface area (Å²) >= 11 is 0. The molecular formula is C20H27NO3. The van der Waals surface area contributed by atoms with Gasteiger partial charge in [-0.15, -0.1) is 0 Å². The van der Waals surface area contributed by atoms with Crippen LogP contribution in [0, 0.1) is 12.8 Å². The first kappa shape index (κ1) is 16.1. The van der Waals surface area contributed by atoms with Crippen LogP contribution in [-0.2, 0) is 11.3 Å². The zero-order valence-electron chi connectivity index (χ0n) is 14.6. The highest BCUT2D eigenvalue weighted by atomic mass is 16.5. The Bertz CT molecular complexity index is 721. The number of hydrogen-bond donors (Lipinski definition) is 1. The molecule has 2 aliphatic rings. The van der Waals surface area contributed by atoms with Crippen LogP contribution in [0.15, 0.2) is 28.7 Å². The maximum atomic E-state index is 10.8. The number of hydrogen-bond acceptors (Lipinski definition) is 4. The molecule has 130 valence electrons. The average molecular weight is 329 g/mol. The van der Waals surface area contributed by atoms with Crippen molar-refractivity contribution in [3.05, 3.63) is 35.6 Å². The number of ether oxygens (including phenoxy) is 1. The predicted octanol–water partition coefficient (Wildman–Crippen LogP) is 3.49. The zero-order valence-corrected chi connectivity index (χ0v) is 14.6. The molecule has 4 heteroatoms. The lowest BCUT2D eigenvalue weighted by atomic mass is 9.79. The van der Waals surface area contributed by atoms with E-state index in [1.165, 1.54) is 17.4 Å². The van der Waals surface area contributed by atoms with Gasteiger partial charge in [0.1, 0.15) is 11.3 Å². The Morgan fingerprint density at radius 2 is 2.17 bits per heavy atom. The second-order valence-corrected chi connectivity index (χ2v) is 7.60. The van der Waals surface area contributed by atoms with Gasteiger partial charge in [0.25, 0.3) is 0 Å². The third-order valence-electron chi connectivity index (χ3n) is 5.99. The van der Waals surface area contributed by atoms with E-state index >= 15 is 0 Å². The maximum absolute atomic E-state index is 10.8. The number of nitrogens with zero attached hydrogens (tertiary/aromatic N) is 1. The van der Waals surface area contributed by atoms with E-state index < -0.39 is 5.60 Å². The third kappa shape index (κ3) is 2.77. The molecule has 1 aromatic heterocycles. The fourth-order valence-electron chi connectivity index (χ4n) is 4.50. The van der Waals surface area contributed by atoms with E-state index in [0.717, 1.165) is 37.3 Å². The molecule has 2 saturated heterocycles. The van der Waals surface area contributed by atoms with Crippen molar-refractivity contribution in [1.82, 2.24) is 4.90 Å². The maximum Gasteiger partial charge on any atom is 0.134 e. The summed E-state index contributed by atoms with van der Waals surface area (Å²) in [5.74, 6) is 1.20. The minimum Gasteiger partial charge on any atom is -0.461 e.